The lowest BCUT2D eigenvalue weighted by Crippen LogP contribution is -2.63. The van der Waals surface area contributed by atoms with Gasteiger partial charge in [-0.15, -0.1) is 0 Å². The maximum atomic E-state index is 10.7. The maximum Gasteiger partial charge on any atom is 0.135 e. The number of hydrogen-bond acceptors (Lipinski definition) is 3. The van der Waals surface area contributed by atoms with Crippen molar-refractivity contribution in [2.75, 3.05) is 6.61 Å². The van der Waals surface area contributed by atoms with Gasteiger partial charge in [-0.1, -0.05) is 26.8 Å². The second-order valence-electron chi connectivity index (χ2n) is 7.61. The first-order valence-electron chi connectivity index (χ1n) is 6.97. The van der Waals surface area contributed by atoms with Crippen molar-refractivity contribution in [3.8, 4) is 0 Å². The highest BCUT2D eigenvalue weighted by molar-refractivity contribution is 5.40. The van der Waals surface area contributed by atoms with Gasteiger partial charge < -0.3 is 15.3 Å². The second-order valence-corrected chi connectivity index (χ2v) is 7.61. The third-order valence-electron chi connectivity index (χ3n) is 5.84. The van der Waals surface area contributed by atoms with Gasteiger partial charge in [0.2, 0.25) is 0 Å². The van der Waals surface area contributed by atoms with Crippen molar-refractivity contribution in [2.24, 2.45) is 22.7 Å². The number of rotatable bonds is 1. The Kier molecular flexibility index (Phi) is 2.38. The summed E-state index contributed by atoms with van der Waals surface area (Å²) < 4.78 is 0. The minimum absolute atomic E-state index is 0.0187. The fourth-order valence-electron chi connectivity index (χ4n) is 4.88. The lowest BCUT2D eigenvalue weighted by molar-refractivity contribution is -0.158. The summed E-state index contributed by atoms with van der Waals surface area (Å²) in [5.41, 5.74) is -0.325. The zero-order valence-corrected chi connectivity index (χ0v) is 11.5. The summed E-state index contributed by atoms with van der Waals surface area (Å²) in [7, 11) is 0. The lowest BCUT2D eigenvalue weighted by Gasteiger charge is -2.58. The molecule has 2 saturated carbocycles. The monoisotopic (exact) mass is 252 g/mol. The molecule has 0 aromatic carbocycles. The van der Waals surface area contributed by atoms with Crippen LogP contribution in [0.3, 0.4) is 0 Å². The Morgan fingerprint density at radius 1 is 1.28 bits per heavy atom. The fraction of sp³-hybridized carbons (Fsp3) is 0.867. The Hall–Kier alpha value is -0.380. The second kappa shape index (κ2) is 3.38. The molecule has 3 aliphatic rings. The summed E-state index contributed by atoms with van der Waals surface area (Å²) in [5, 5.41) is 30.7. The molecule has 5 atom stereocenters. The average molecular weight is 252 g/mol. The lowest BCUT2D eigenvalue weighted by atomic mass is 9.49. The number of hydrogen-bond donors (Lipinski definition) is 3. The largest absolute Gasteiger partial charge is 0.393 e. The van der Waals surface area contributed by atoms with Gasteiger partial charge in [0.1, 0.15) is 5.60 Å². The van der Waals surface area contributed by atoms with Crippen molar-refractivity contribution in [1.29, 1.82) is 0 Å². The van der Waals surface area contributed by atoms with Crippen LogP contribution in [-0.4, -0.2) is 33.6 Å². The highest BCUT2D eigenvalue weighted by Crippen LogP contribution is 2.66. The molecule has 0 heterocycles. The van der Waals surface area contributed by atoms with Gasteiger partial charge in [-0.3, -0.25) is 0 Å². The van der Waals surface area contributed by atoms with E-state index >= 15 is 0 Å². The molecular formula is C15H24O3. The molecule has 5 unspecified atom stereocenters. The number of aliphatic hydroxyl groups excluding tert-OH is 2. The average Bonchev–Trinajstić information content (AvgIpc) is 2.60. The Labute approximate surface area is 109 Å². The van der Waals surface area contributed by atoms with E-state index in [1.807, 2.05) is 6.08 Å². The van der Waals surface area contributed by atoms with Crippen LogP contribution in [0.4, 0.5) is 0 Å². The zero-order chi connectivity index (χ0) is 13.3. The van der Waals surface area contributed by atoms with Crippen LogP contribution in [0, 0.1) is 22.7 Å². The van der Waals surface area contributed by atoms with Gasteiger partial charge in [0.05, 0.1) is 12.7 Å². The first-order chi connectivity index (χ1) is 8.24. The van der Waals surface area contributed by atoms with Crippen molar-refractivity contribution in [3.05, 3.63) is 11.6 Å². The van der Waals surface area contributed by atoms with E-state index in [0.717, 1.165) is 24.8 Å². The molecule has 3 N–H and O–H groups in total. The van der Waals surface area contributed by atoms with Gasteiger partial charge in [-0.05, 0) is 47.5 Å². The molecule has 0 spiro atoms. The van der Waals surface area contributed by atoms with E-state index < -0.39 is 11.7 Å². The zero-order valence-electron chi connectivity index (χ0n) is 11.5. The molecule has 3 heteroatoms. The third-order valence-corrected chi connectivity index (χ3v) is 5.84. The normalized spacial score (nSPS) is 53.2. The predicted molar refractivity (Wildman–Crippen MR) is 68.8 cm³/mol. The van der Waals surface area contributed by atoms with E-state index in [4.69, 9.17) is 0 Å². The SMILES string of the molecule is CC1(C)CC2C(C1)C1(C)CC=C1C(O)(CO)C2O. The summed E-state index contributed by atoms with van der Waals surface area (Å²) in [6.45, 7) is 6.29. The number of aliphatic hydroxyl groups is 3. The van der Waals surface area contributed by atoms with Crippen LogP contribution in [0.1, 0.15) is 40.0 Å². The van der Waals surface area contributed by atoms with Crippen LogP contribution < -0.4 is 0 Å². The highest BCUT2D eigenvalue weighted by atomic mass is 16.4. The van der Waals surface area contributed by atoms with Crippen molar-refractivity contribution >= 4 is 0 Å². The van der Waals surface area contributed by atoms with Crippen molar-refractivity contribution in [2.45, 2.75) is 51.7 Å². The van der Waals surface area contributed by atoms with Gasteiger partial charge in [0.25, 0.3) is 0 Å². The summed E-state index contributed by atoms with van der Waals surface area (Å²) in [6.07, 6.45) is 4.18. The Morgan fingerprint density at radius 3 is 2.44 bits per heavy atom. The van der Waals surface area contributed by atoms with E-state index in [2.05, 4.69) is 20.8 Å². The minimum Gasteiger partial charge on any atom is -0.393 e. The molecule has 0 bridgehead atoms. The van der Waals surface area contributed by atoms with E-state index in [1.54, 1.807) is 0 Å². The van der Waals surface area contributed by atoms with Crippen LogP contribution >= 0.6 is 0 Å². The topological polar surface area (TPSA) is 60.7 Å². The molecule has 0 aliphatic heterocycles. The molecule has 3 rings (SSSR count). The van der Waals surface area contributed by atoms with E-state index in [1.165, 1.54) is 0 Å². The smallest absolute Gasteiger partial charge is 0.135 e. The van der Waals surface area contributed by atoms with Crippen molar-refractivity contribution < 1.29 is 15.3 Å². The standard InChI is InChI=1S/C15H24O3/c1-13(2)6-9-10(7-13)14(3)5-4-11(14)15(18,8-16)12(9)17/h4,9-10,12,16-18H,5-8H2,1-3H3. The molecule has 3 aliphatic carbocycles. The molecule has 0 saturated heterocycles. The molecule has 0 aromatic heterocycles. The summed E-state index contributed by atoms with van der Waals surface area (Å²) in [5.74, 6) is 0.550. The van der Waals surface area contributed by atoms with Crippen LogP contribution in [0.2, 0.25) is 0 Å². The van der Waals surface area contributed by atoms with Crippen molar-refractivity contribution in [1.82, 2.24) is 0 Å². The first-order valence-corrected chi connectivity index (χ1v) is 6.97. The molecule has 0 aromatic rings. The van der Waals surface area contributed by atoms with Gasteiger partial charge in [-0.2, -0.15) is 0 Å². The van der Waals surface area contributed by atoms with Gasteiger partial charge in [-0.25, -0.2) is 0 Å². The Bertz CT molecular complexity index is 414. The predicted octanol–water partition coefficient (Wildman–Crippen LogP) is 1.47. The summed E-state index contributed by atoms with van der Waals surface area (Å²) >= 11 is 0. The molecular weight excluding hydrogens is 228 g/mol. The number of fused-ring (bicyclic) bond motifs is 3. The highest BCUT2D eigenvalue weighted by Gasteiger charge is 2.65. The molecule has 2 fully saturated rings. The first kappa shape index (κ1) is 12.6. The van der Waals surface area contributed by atoms with Gasteiger partial charge in [0, 0.05) is 0 Å². The summed E-state index contributed by atoms with van der Waals surface area (Å²) in [4.78, 5) is 0. The molecule has 18 heavy (non-hydrogen) atoms. The number of allylic oxidation sites excluding steroid dienone is 1. The third kappa shape index (κ3) is 1.30. The summed E-state index contributed by atoms with van der Waals surface area (Å²) in [6, 6.07) is 0. The molecule has 3 nitrogen and oxygen atoms in total. The van der Waals surface area contributed by atoms with Crippen LogP contribution in [0.5, 0.6) is 0 Å². The van der Waals surface area contributed by atoms with Crippen LogP contribution in [0.15, 0.2) is 11.6 Å². The van der Waals surface area contributed by atoms with Crippen LogP contribution in [0.25, 0.3) is 0 Å². The van der Waals surface area contributed by atoms with Gasteiger partial charge >= 0.3 is 0 Å². The van der Waals surface area contributed by atoms with Crippen molar-refractivity contribution in [3.63, 3.8) is 0 Å². The van der Waals surface area contributed by atoms with Gasteiger partial charge in [0.15, 0.2) is 0 Å². The molecule has 0 amide bonds. The van der Waals surface area contributed by atoms with E-state index in [-0.39, 0.29) is 23.4 Å². The quantitative estimate of drug-likeness (QED) is 0.619. The van der Waals surface area contributed by atoms with E-state index in [0.29, 0.717) is 5.92 Å². The fourth-order valence-corrected chi connectivity index (χ4v) is 4.88. The Morgan fingerprint density at radius 2 is 1.94 bits per heavy atom. The maximum absolute atomic E-state index is 10.7. The molecule has 0 radical (unpaired) electrons. The van der Waals surface area contributed by atoms with E-state index in [9.17, 15) is 15.3 Å². The molecule has 102 valence electrons. The van der Waals surface area contributed by atoms with Crippen LogP contribution in [-0.2, 0) is 0 Å². The Balaban J connectivity index is 2.05. The minimum atomic E-state index is -1.41.